The van der Waals surface area contributed by atoms with E-state index in [9.17, 15) is 9.59 Å². The lowest BCUT2D eigenvalue weighted by molar-refractivity contribution is -0.139. The normalized spacial score (nSPS) is 12.3. The van der Waals surface area contributed by atoms with E-state index in [0.29, 0.717) is 11.4 Å². The Morgan fingerprint density at radius 1 is 1.45 bits per heavy atom. The van der Waals surface area contributed by atoms with Crippen LogP contribution in [0.25, 0.3) is 10.2 Å². The number of aromatic nitrogens is 1. The highest BCUT2D eigenvalue weighted by Gasteiger charge is 2.18. The summed E-state index contributed by atoms with van der Waals surface area (Å²) in [4.78, 5) is 28.1. The zero-order valence-electron chi connectivity index (χ0n) is 12.5. The van der Waals surface area contributed by atoms with Crippen LogP contribution >= 0.6 is 11.3 Å². The molecule has 0 saturated carbocycles. The Labute approximate surface area is 132 Å². The minimum absolute atomic E-state index is 0.0504. The van der Waals surface area contributed by atoms with Crippen molar-refractivity contribution < 1.29 is 14.7 Å². The Bertz CT molecular complexity index is 684. The number of pyridine rings is 1. The fraction of sp³-hybridized carbons (Fsp3) is 0.400. The number of rotatable bonds is 7. The molecule has 6 nitrogen and oxygen atoms in total. The molecule has 1 amide bonds. The Balaban J connectivity index is 2.04. The SMILES string of the molecule is CCCNC(CNC(=O)c1cc2nccc(C)c2s1)C(=O)O. The molecule has 118 valence electrons. The molecule has 2 aromatic heterocycles. The number of hydrogen-bond acceptors (Lipinski definition) is 5. The number of nitrogens with one attached hydrogen (secondary N) is 2. The molecule has 22 heavy (non-hydrogen) atoms. The fourth-order valence-electron chi connectivity index (χ4n) is 2.02. The third-order valence-corrected chi connectivity index (χ3v) is 4.50. The van der Waals surface area contributed by atoms with Gasteiger partial charge in [0.1, 0.15) is 6.04 Å². The van der Waals surface area contributed by atoms with Gasteiger partial charge in [0.25, 0.3) is 5.91 Å². The maximum Gasteiger partial charge on any atom is 0.322 e. The standard InChI is InChI=1S/C15H19N3O3S/c1-3-5-16-11(15(20)21)8-18-14(19)12-7-10-13(22-12)9(2)4-6-17-10/h4,6-7,11,16H,3,5,8H2,1-2H3,(H,18,19)(H,20,21). The highest BCUT2D eigenvalue weighted by atomic mass is 32.1. The first-order valence-corrected chi connectivity index (χ1v) is 7.94. The lowest BCUT2D eigenvalue weighted by atomic mass is 10.2. The number of carbonyl (C=O) groups is 2. The summed E-state index contributed by atoms with van der Waals surface area (Å²) >= 11 is 1.37. The van der Waals surface area contributed by atoms with Crippen LogP contribution in [0.1, 0.15) is 28.6 Å². The van der Waals surface area contributed by atoms with Gasteiger partial charge in [-0.05, 0) is 37.6 Å². The van der Waals surface area contributed by atoms with Crippen LogP contribution in [0.4, 0.5) is 0 Å². The summed E-state index contributed by atoms with van der Waals surface area (Å²) in [7, 11) is 0. The Morgan fingerprint density at radius 3 is 2.86 bits per heavy atom. The first-order chi connectivity index (χ1) is 10.5. The fourth-order valence-corrected chi connectivity index (χ4v) is 3.02. The van der Waals surface area contributed by atoms with E-state index in [-0.39, 0.29) is 12.5 Å². The van der Waals surface area contributed by atoms with Crippen LogP contribution < -0.4 is 10.6 Å². The van der Waals surface area contributed by atoms with Gasteiger partial charge in [0, 0.05) is 12.7 Å². The van der Waals surface area contributed by atoms with Crippen molar-refractivity contribution in [2.75, 3.05) is 13.1 Å². The van der Waals surface area contributed by atoms with Crippen molar-refractivity contribution in [2.45, 2.75) is 26.3 Å². The lowest BCUT2D eigenvalue weighted by Crippen LogP contribution is -2.46. The van der Waals surface area contributed by atoms with Crippen LogP contribution in [-0.2, 0) is 4.79 Å². The Hall–Kier alpha value is -1.99. The minimum atomic E-state index is -0.970. The average molecular weight is 321 g/mol. The van der Waals surface area contributed by atoms with E-state index >= 15 is 0 Å². The molecule has 0 radical (unpaired) electrons. The number of fused-ring (bicyclic) bond motifs is 1. The van der Waals surface area contributed by atoms with E-state index in [0.717, 1.165) is 22.2 Å². The third kappa shape index (κ3) is 3.80. The van der Waals surface area contributed by atoms with Crippen LogP contribution in [-0.4, -0.2) is 41.1 Å². The number of carboxylic acid groups (broad SMARTS) is 1. The number of amides is 1. The predicted octanol–water partition coefficient (Wildman–Crippen LogP) is 1.79. The molecule has 0 spiro atoms. The quantitative estimate of drug-likeness (QED) is 0.723. The van der Waals surface area contributed by atoms with Crippen LogP contribution in [0.5, 0.6) is 0 Å². The van der Waals surface area contributed by atoms with E-state index < -0.39 is 12.0 Å². The van der Waals surface area contributed by atoms with Crippen molar-refractivity contribution >= 4 is 33.4 Å². The lowest BCUT2D eigenvalue weighted by Gasteiger charge is -2.14. The van der Waals surface area contributed by atoms with Gasteiger partial charge in [-0.25, -0.2) is 0 Å². The summed E-state index contributed by atoms with van der Waals surface area (Å²) in [6.45, 7) is 4.57. The summed E-state index contributed by atoms with van der Waals surface area (Å²) in [5.74, 6) is -1.24. The summed E-state index contributed by atoms with van der Waals surface area (Å²) in [5.41, 5.74) is 1.86. The van der Waals surface area contributed by atoms with Crippen LogP contribution in [0.2, 0.25) is 0 Å². The van der Waals surface area contributed by atoms with Crippen molar-refractivity contribution in [3.63, 3.8) is 0 Å². The van der Waals surface area contributed by atoms with Gasteiger partial charge in [-0.15, -0.1) is 11.3 Å². The van der Waals surface area contributed by atoms with Gasteiger partial charge in [0.15, 0.2) is 0 Å². The van der Waals surface area contributed by atoms with Crippen molar-refractivity contribution in [1.82, 2.24) is 15.6 Å². The molecule has 0 aliphatic carbocycles. The van der Waals surface area contributed by atoms with Crippen LogP contribution in [0.15, 0.2) is 18.3 Å². The molecule has 3 N–H and O–H groups in total. The maximum atomic E-state index is 12.2. The number of aryl methyl sites for hydroxylation is 1. The number of hydrogen-bond donors (Lipinski definition) is 3. The van der Waals surface area contributed by atoms with Gasteiger partial charge in [-0.3, -0.25) is 14.6 Å². The van der Waals surface area contributed by atoms with Gasteiger partial charge in [0.2, 0.25) is 0 Å². The molecular formula is C15H19N3O3S. The summed E-state index contributed by atoms with van der Waals surface area (Å²) in [6, 6.07) is 2.85. The number of carbonyl (C=O) groups excluding carboxylic acids is 1. The second kappa shape index (κ2) is 7.33. The molecule has 0 aromatic carbocycles. The largest absolute Gasteiger partial charge is 0.480 e. The number of carboxylic acids is 1. The van der Waals surface area contributed by atoms with E-state index in [2.05, 4.69) is 15.6 Å². The monoisotopic (exact) mass is 321 g/mol. The highest BCUT2D eigenvalue weighted by Crippen LogP contribution is 2.26. The number of nitrogens with zero attached hydrogens (tertiary/aromatic N) is 1. The molecule has 0 aliphatic rings. The van der Waals surface area contributed by atoms with Crippen molar-refractivity contribution in [1.29, 1.82) is 0 Å². The third-order valence-electron chi connectivity index (χ3n) is 3.24. The van der Waals surface area contributed by atoms with Crippen LogP contribution in [0, 0.1) is 6.92 Å². The molecule has 0 aliphatic heterocycles. The highest BCUT2D eigenvalue weighted by molar-refractivity contribution is 7.21. The van der Waals surface area contributed by atoms with Crippen molar-refractivity contribution in [3.8, 4) is 0 Å². The van der Waals surface area contributed by atoms with Gasteiger partial charge in [-0.2, -0.15) is 0 Å². The zero-order chi connectivity index (χ0) is 16.1. The molecule has 0 saturated heterocycles. The molecule has 0 fully saturated rings. The van der Waals surface area contributed by atoms with E-state index in [1.54, 1.807) is 12.3 Å². The molecule has 2 aromatic rings. The van der Waals surface area contributed by atoms with Crippen molar-refractivity contribution in [3.05, 3.63) is 28.8 Å². The van der Waals surface area contributed by atoms with Gasteiger partial charge in [-0.1, -0.05) is 6.92 Å². The summed E-state index contributed by atoms with van der Waals surface area (Å²) in [6.07, 6.45) is 2.54. The first kappa shape index (κ1) is 16.4. The van der Waals surface area contributed by atoms with Gasteiger partial charge < -0.3 is 15.7 Å². The smallest absolute Gasteiger partial charge is 0.322 e. The Kier molecular flexibility index (Phi) is 5.46. The molecular weight excluding hydrogens is 302 g/mol. The molecule has 2 rings (SSSR count). The first-order valence-electron chi connectivity index (χ1n) is 7.12. The molecule has 0 bridgehead atoms. The average Bonchev–Trinajstić information content (AvgIpc) is 2.92. The minimum Gasteiger partial charge on any atom is -0.480 e. The topological polar surface area (TPSA) is 91.3 Å². The number of thiophene rings is 1. The van der Waals surface area contributed by atoms with Gasteiger partial charge >= 0.3 is 5.97 Å². The maximum absolute atomic E-state index is 12.2. The number of aliphatic carboxylic acids is 1. The molecule has 1 unspecified atom stereocenters. The second-order valence-electron chi connectivity index (χ2n) is 5.01. The predicted molar refractivity (Wildman–Crippen MR) is 86.4 cm³/mol. The Morgan fingerprint density at radius 2 is 2.23 bits per heavy atom. The summed E-state index contributed by atoms with van der Waals surface area (Å²) < 4.78 is 0.978. The zero-order valence-corrected chi connectivity index (χ0v) is 13.4. The van der Waals surface area contributed by atoms with E-state index in [4.69, 9.17) is 5.11 Å². The van der Waals surface area contributed by atoms with Crippen molar-refractivity contribution in [2.24, 2.45) is 0 Å². The van der Waals surface area contributed by atoms with Gasteiger partial charge in [0.05, 0.1) is 15.1 Å². The molecule has 1 atom stereocenters. The molecule has 2 heterocycles. The van der Waals surface area contributed by atoms with E-state index in [1.165, 1.54) is 11.3 Å². The second-order valence-corrected chi connectivity index (χ2v) is 6.06. The van der Waals surface area contributed by atoms with E-state index in [1.807, 2.05) is 19.9 Å². The molecule has 7 heteroatoms. The van der Waals surface area contributed by atoms with Crippen LogP contribution in [0.3, 0.4) is 0 Å². The summed E-state index contributed by atoms with van der Waals surface area (Å²) in [5, 5.41) is 14.7.